The van der Waals surface area contributed by atoms with Gasteiger partial charge in [0.2, 0.25) is 11.8 Å². The number of nitrogens with zero attached hydrogens (tertiary/aromatic N) is 1. The summed E-state index contributed by atoms with van der Waals surface area (Å²) in [5.74, 6) is 1.47. The van der Waals surface area contributed by atoms with Gasteiger partial charge < -0.3 is 20.7 Å². The molecule has 6 heteroatoms. The predicted molar refractivity (Wildman–Crippen MR) is 136 cm³/mol. The van der Waals surface area contributed by atoms with Crippen molar-refractivity contribution >= 4 is 11.8 Å². The molecule has 2 aliphatic rings. The molecule has 184 valence electrons. The SMILES string of the molecule is C.C[C@@H](N)C(=O)N[C@H](C(=O)N1CCC[C@H]1c1cccc(Oc2ccccc2)c1)C1CCCCC1. The highest BCUT2D eigenvalue weighted by Crippen LogP contribution is 2.36. The van der Waals surface area contributed by atoms with Crippen LogP contribution in [0.3, 0.4) is 0 Å². The maximum atomic E-state index is 13.8. The Balaban J connectivity index is 0.00000324. The van der Waals surface area contributed by atoms with E-state index in [2.05, 4.69) is 11.4 Å². The lowest BCUT2D eigenvalue weighted by Gasteiger charge is -2.35. The fourth-order valence-corrected chi connectivity index (χ4v) is 5.10. The van der Waals surface area contributed by atoms with Crippen LogP contribution in [0.1, 0.15) is 70.9 Å². The molecular weight excluding hydrogens is 426 g/mol. The number of nitrogens with one attached hydrogen (secondary N) is 1. The van der Waals surface area contributed by atoms with Crippen molar-refractivity contribution in [3.8, 4) is 11.5 Å². The molecule has 1 saturated carbocycles. The number of nitrogens with two attached hydrogens (primary N) is 1. The number of likely N-dealkylation sites (tertiary alicyclic amines) is 1. The summed E-state index contributed by atoms with van der Waals surface area (Å²) in [5, 5.41) is 3.00. The van der Waals surface area contributed by atoms with Gasteiger partial charge in [0.05, 0.1) is 12.1 Å². The van der Waals surface area contributed by atoms with Gasteiger partial charge in [-0.15, -0.1) is 0 Å². The van der Waals surface area contributed by atoms with Crippen LogP contribution in [0.15, 0.2) is 54.6 Å². The first-order valence-corrected chi connectivity index (χ1v) is 12.2. The zero-order valence-electron chi connectivity index (χ0n) is 19.4. The van der Waals surface area contributed by atoms with Crippen molar-refractivity contribution in [2.45, 2.75) is 77.4 Å². The van der Waals surface area contributed by atoms with Crippen molar-refractivity contribution in [1.29, 1.82) is 0 Å². The zero-order chi connectivity index (χ0) is 23.2. The van der Waals surface area contributed by atoms with Gasteiger partial charge in [-0.1, -0.05) is 57.0 Å². The second-order valence-corrected chi connectivity index (χ2v) is 9.35. The number of amides is 2. The minimum Gasteiger partial charge on any atom is -0.457 e. The molecule has 1 aliphatic heterocycles. The summed E-state index contributed by atoms with van der Waals surface area (Å²) in [6, 6.07) is 16.5. The van der Waals surface area contributed by atoms with E-state index in [0.29, 0.717) is 6.54 Å². The Morgan fingerprint density at radius 3 is 2.38 bits per heavy atom. The highest BCUT2D eigenvalue weighted by molar-refractivity contribution is 5.90. The topological polar surface area (TPSA) is 84.7 Å². The second kappa shape index (κ2) is 12.0. The van der Waals surface area contributed by atoms with Gasteiger partial charge >= 0.3 is 0 Å². The standard InChI is InChI=1S/C27H35N3O3.CH4/c1-19(28)26(31)29-25(20-10-4-2-5-11-20)27(32)30-17-9-16-24(30)21-12-8-15-23(18-21)33-22-13-6-3-7-14-22;/h3,6-8,12-15,18-20,24-25H,2,4-5,9-11,16-17,28H2,1H3,(H,29,31);1H4/t19-,24+,25+;/m1./s1. The summed E-state index contributed by atoms with van der Waals surface area (Å²) in [7, 11) is 0. The summed E-state index contributed by atoms with van der Waals surface area (Å²) >= 11 is 0. The van der Waals surface area contributed by atoms with E-state index < -0.39 is 12.1 Å². The van der Waals surface area contributed by atoms with Crippen LogP contribution < -0.4 is 15.8 Å². The van der Waals surface area contributed by atoms with Gasteiger partial charge in [-0.05, 0) is 68.4 Å². The molecule has 2 aromatic rings. The van der Waals surface area contributed by atoms with Crippen LogP contribution in [0, 0.1) is 5.92 Å². The lowest BCUT2D eigenvalue weighted by atomic mass is 9.83. The van der Waals surface area contributed by atoms with E-state index in [-0.39, 0.29) is 31.2 Å². The summed E-state index contributed by atoms with van der Waals surface area (Å²) in [6.45, 7) is 2.36. The molecule has 0 aromatic heterocycles. The van der Waals surface area contributed by atoms with E-state index in [9.17, 15) is 9.59 Å². The van der Waals surface area contributed by atoms with Gasteiger partial charge in [-0.2, -0.15) is 0 Å². The second-order valence-electron chi connectivity index (χ2n) is 9.35. The van der Waals surface area contributed by atoms with Crippen LogP contribution >= 0.6 is 0 Å². The van der Waals surface area contributed by atoms with Crippen molar-refractivity contribution < 1.29 is 14.3 Å². The van der Waals surface area contributed by atoms with Crippen LogP contribution in [0.2, 0.25) is 0 Å². The molecule has 6 nitrogen and oxygen atoms in total. The van der Waals surface area contributed by atoms with E-state index in [1.165, 1.54) is 6.42 Å². The quantitative estimate of drug-likeness (QED) is 0.589. The average Bonchev–Trinajstić information content (AvgIpc) is 3.33. The smallest absolute Gasteiger partial charge is 0.245 e. The Hall–Kier alpha value is -2.86. The van der Waals surface area contributed by atoms with Gasteiger partial charge in [0.25, 0.3) is 0 Å². The van der Waals surface area contributed by atoms with Crippen molar-refractivity contribution in [2.24, 2.45) is 11.7 Å². The van der Waals surface area contributed by atoms with Crippen molar-refractivity contribution in [3.63, 3.8) is 0 Å². The van der Waals surface area contributed by atoms with Crippen molar-refractivity contribution in [2.75, 3.05) is 6.54 Å². The molecule has 2 aromatic carbocycles. The molecule has 0 spiro atoms. The molecule has 4 rings (SSSR count). The van der Waals surface area contributed by atoms with E-state index >= 15 is 0 Å². The van der Waals surface area contributed by atoms with Crippen LogP contribution in [0.25, 0.3) is 0 Å². The first-order chi connectivity index (χ1) is 16.0. The maximum Gasteiger partial charge on any atom is 0.245 e. The number of carbonyl (C=O) groups is 2. The predicted octanol–water partition coefficient (Wildman–Crippen LogP) is 5.19. The minimum absolute atomic E-state index is 0. The Bertz CT molecular complexity index is 941. The molecular formula is C28H39N3O3. The van der Waals surface area contributed by atoms with Crippen LogP contribution in [0.5, 0.6) is 11.5 Å². The number of para-hydroxylation sites is 1. The van der Waals surface area contributed by atoms with Crippen molar-refractivity contribution in [1.82, 2.24) is 10.2 Å². The summed E-state index contributed by atoms with van der Waals surface area (Å²) in [6.07, 6.45) is 7.18. The highest BCUT2D eigenvalue weighted by Gasteiger charge is 2.39. The molecule has 34 heavy (non-hydrogen) atoms. The molecule has 0 bridgehead atoms. The zero-order valence-corrected chi connectivity index (χ0v) is 19.4. The Kier molecular flexibility index (Phi) is 9.11. The third-order valence-electron chi connectivity index (χ3n) is 6.86. The number of benzene rings is 2. The van der Waals surface area contributed by atoms with Gasteiger partial charge in [0, 0.05) is 6.54 Å². The molecule has 2 amide bonds. The normalized spacial score (nSPS) is 20.2. The van der Waals surface area contributed by atoms with E-state index in [4.69, 9.17) is 10.5 Å². The molecule has 3 atom stereocenters. The number of hydrogen-bond acceptors (Lipinski definition) is 4. The van der Waals surface area contributed by atoms with E-state index in [1.54, 1.807) is 6.92 Å². The number of carbonyl (C=O) groups excluding carboxylic acids is 2. The van der Waals surface area contributed by atoms with Crippen LogP contribution in [-0.4, -0.2) is 35.3 Å². The maximum absolute atomic E-state index is 13.8. The fraction of sp³-hybridized carbons (Fsp3) is 0.500. The molecule has 0 unspecified atom stereocenters. The molecule has 1 saturated heterocycles. The summed E-state index contributed by atoms with van der Waals surface area (Å²) < 4.78 is 6.02. The van der Waals surface area contributed by atoms with Crippen LogP contribution in [-0.2, 0) is 9.59 Å². The Morgan fingerprint density at radius 2 is 1.68 bits per heavy atom. The minimum atomic E-state index is -0.634. The molecule has 1 aliphatic carbocycles. The highest BCUT2D eigenvalue weighted by atomic mass is 16.5. The van der Waals surface area contributed by atoms with E-state index in [1.807, 2.05) is 53.4 Å². The molecule has 3 N–H and O–H groups in total. The summed E-state index contributed by atoms with van der Waals surface area (Å²) in [5.41, 5.74) is 6.88. The monoisotopic (exact) mass is 465 g/mol. The van der Waals surface area contributed by atoms with Gasteiger partial charge in [-0.25, -0.2) is 0 Å². The largest absolute Gasteiger partial charge is 0.457 e. The number of hydrogen-bond donors (Lipinski definition) is 2. The van der Waals surface area contributed by atoms with Crippen LogP contribution in [0.4, 0.5) is 0 Å². The fourth-order valence-electron chi connectivity index (χ4n) is 5.10. The third kappa shape index (κ3) is 6.17. The lowest BCUT2D eigenvalue weighted by Crippen LogP contribution is -2.55. The van der Waals surface area contributed by atoms with Crippen molar-refractivity contribution in [3.05, 3.63) is 60.2 Å². The van der Waals surface area contributed by atoms with E-state index in [0.717, 1.165) is 55.6 Å². The first-order valence-electron chi connectivity index (χ1n) is 12.2. The first kappa shape index (κ1) is 25.8. The Morgan fingerprint density at radius 1 is 0.971 bits per heavy atom. The number of rotatable bonds is 7. The third-order valence-corrected chi connectivity index (χ3v) is 6.86. The number of ether oxygens (including phenoxy) is 1. The van der Waals surface area contributed by atoms with Gasteiger partial charge in [0.1, 0.15) is 17.5 Å². The summed E-state index contributed by atoms with van der Waals surface area (Å²) in [4.78, 5) is 28.2. The average molecular weight is 466 g/mol. The Labute approximate surface area is 203 Å². The van der Waals surface area contributed by atoms with Gasteiger partial charge in [-0.3, -0.25) is 9.59 Å². The molecule has 1 heterocycles. The molecule has 2 fully saturated rings. The lowest BCUT2D eigenvalue weighted by molar-refractivity contribution is -0.139. The molecule has 0 radical (unpaired) electrons. The van der Waals surface area contributed by atoms with Gasteiger partial charge in [0.15, 0.2) is 0 Å².